The summed E-state index contributed by atoms with van der Waals surface area (Å²) in [6.07, 6.45) is 3.99. The largest absolute Gasteiger partial charge is 0.462 e. The number of halogens is 1. The van der Waals surface area contributed by atoms with E-state index in [-0.39, 0.29) is 18.1 Å². The zero-order chi connectivity index (χ0) is 12.3. The number of esters is 1. The smallest absolute Gasteiger partial charge is 0.344 e. The summed E-state index contributed by atoms with van der Waals surface area (Å²) in [6, 6.07) is 1.59. The third-order valence-corrected chi connectivity index (χ3v) is 1.95. The Morgan fingerprint density at radius 2 is 2.18 bits per heavy atom. The first-order chi connectivity index (χ1) is 8.24. The van der Waals surface area contributed by atoms with Gasteiger partial charge in [-0.1, -0.05) is 0 Å². The van der Waals surface area contributed by atoms with E-state index in [0.29, 0.717) is 0 Å². The van der Waals surface area contributed by atoms with Crippen molar-refractivity contribution in [2.75, 3.05) is 6.61 Å². The zero-order valence-corrected chi connectivity index (χ0v) is 9.00. The lowest BCUT2D eigenvalue weighted by Crippen LogP contribution is -2.09. The topological polar surface area (TPSA) is 69.9 Å². The second-order valence-electron chi connectivity index (χ2n) is 3.03. The molecule has 0 radical (unpaired) electrons. The summed E-state index contributed by atoms with van der Waals surface area (Å²) in [7, 11) is 0. The second-order valence-corrected chi connectivity index (χ2v) is 3.03. The lowest BCUT2D eigenvalue weighted by atomic mass is 10.3. The minimum absolute atomic E-state index is 0.0561. The van der Waals surface area contributed by atoms with Crippen molar-refractivity contribution >= 4 is 5.97 Å². The monoisotopic (exact) mass is 236 g/mol. The van der Waals surface area contributed by atoms with Crippen LogP contribution in [0.25, 0.3) is 5.95 Å². The van der Waals surface area contributed by atoms with Crippen LogP contribution in [-0.2, 0) is 4.74 Å². The Labute approximate surface area is 96.1 Å². The average Bonchev–Trinajstić information content (AvgIpc) is 2.72. The predicted molar refractivity (Wildman–Crippen MR) is 55.1 cm³/mol. The van der Waals surface area contributed by atoms with Crippen LogP contribution in [0.4, 0.5) is 4.39 Å². The van der Waals surface area contributed by atoms with Gasteiger partial charge in [0, 0.05) is 12.4 Å². The fourth-order valence-electron chi connectivity index (χ4n) is 1.22. The molecular weight excluding hydrogens is 227 g/mol. The van der Waals surface area contributed by atoms with E-state index in [2.05, 4.69) is 19.8 Å². The molecule has 2 heterocycles. The molecule has 0 aromatic carbocycles. The molecule has 0 aliphatic carbocycles. The number of hydrogen-bond donors (Lipinski definition) is 0. The molecule has 6 nitrogen and oxygen atoms in total. The van der Waals surface area contributed by atoms with Crippen LogP contribution in [0, 0.1) is 5.95 Å². The van der Waals surface area contributed by atoms with E-state index in [4.69, 9.17) is 0 Å². The molecule has 2 aromatic heterocycles. The van der Waals surface area contributed by atoms with Gasteiger partial charge in [0.15, 0.2) is 0 Å². The van der Waals surface area contributed by atoms with Gasteiger partial charge in [-0.05, 0) is 13.0 Å². The number of aromatic nitrogens is 4. The molecule has 0 N–H and O–H groups in total. The minimum atomic E-state index is -0.838. The van der Waals surface area contributed by atoms with Crippen LogP contribution in [0.5, 0.6) is 0 Å². The third kappa shape index (κ3) is 2.12. The Hall–Kier alpha value is -2.31. The number of rotatable bonds is 3. The number of hydrogen-bond acceptors (Lipinski definition) is 5. The van der Waals surface area contributed by atoms with Gasteiger partial charge in [-0.15, -0.1) is 0 Å². The minimum Gasteiger partial charge on any atom is -0.462 e. The normalized spacial score (nSPS) is 10.2. The summed E-state index contributed by atoms with van der Waals surface area (Å²) in [6.45, 7) is 1.81. The van der Waals surface area contributed by atoms with Crippen LogP contribution in [-0.4, -0.2) is 32.3 Å². The summed E-state index contributed by atoms with van der Waals surface area (Å²) >= 11 is 0. The van der Waals surface area contributed by atoms with E-state index in [1.54, 1.807) is 13.0 Å². The molecule has 0 fully saturated rings. The predicted octanol–water partition coefficient (Wildman–Crippen LogP) is 0.978. The standard InChI is InChI=1S/C10H9FN4O2/c1-2-17-9(16)7-6-14-15(8(7)11)10-12-4-3-5-13-10/h3-6H,2H2,1H3. The van der Waals surface area contributed by atoms with Gasteiger partial charge in [0.2, 0.25) is 5.95 Å². The molecule has 2 rings (SSSR count). The van der Waals surface area contributed by atoms with E-state index < -0.39 is 11.9 Å². The van der Waals surface area contributed by atoms with E-state index in [9.17, 15) is 9.18 Å². The van der Waals surface area contributed by atoms with Crippen LogP contribution in [0.3, 0.4) is 0 Å². The number of carbonyl (C=O) groups excluding carboxylic acids is 1. The van der Waals surface area contributed by atoms with Crippen LogP contribution in [0.1, 0.15) is 17.3 Å². The summed E-state index contributed by atoms with van der Waals surface area (Å²) in [5.74, 6) is -1.54. The molecule has 0 aliphatic heterocycles. The Morgan fingerprint density at radius 3 is 2.82 bits per heavy atom. The van der Waals surface area contributed by atoms with Crippen LogP contribution in [0.2, 0.25) is 0 Å². The quantitative estimate of drug-likeness (QED) is 0.743. The molecule has 0 saturated heterocycles. The molecule has 0 bridgehead atoms. The Bertz CT molecular complexity index is 526. The first-order valence-electron chi connectivity index (χ1n) is 4.92. The molecule has 7 heteroatoms. The maximum absolute atomic E-state index is 13.8. The van der Waals surface area contributed by atoms with Gasteiger partial charge in [0.25, 0.3) is 5.95 Å². The third-order valence-electron chi connectivity index (χ3n) is 1.95. The van der Waals surface area contributed by atoms with Crippen molar-refractivity contribution in [3.8, 4) is 5.95 Å². The molecular formula is C10H9FN4O2. The Kier molecular flexibility index (Phi) is 3.08. The van der Waals surface area contributed by atoms with Gasteiger partial charge in [0.05, 0.1) is 12.8 Å². The van der Waals surface area contributed by atoms with Crippen LogP contribution in [0.15, 0.2) is 24.7 Å². The van der Waals surface area contributed by atoms with E-state index in [1.165, 1.54) is 12.4 Å². The molecule has 2 aromatic rings. The Balaban J connectivity index is 2.37. The molecule has 0 amide bonds. The number of ether oxygens (including phenoxy) is 1. The lowest BCUT2D eigenvalue weighted by molar-refractivity contribution is 0.0520. The van der Waals surface area contributed by atoms with Crippen molar-refractivity contribution in [3.63, 3.8) is 0 Å². The molecule has 0 saturated carbocycles. The zero-order valence-electron chi connectivity index (χ0n) is 9.00. The number of carbonyl (C=O) groups is 1. The summed E-state index contributed by atoms with van der Waals surface area (Å²) < 4.78 is 19.3. The highest BCUT2D eigenvalue weighted by Crippen LogP contribution is 2.10. The second kappa shape index (κ2) is 4.69. The van der Waals surface area contributed by atoms with Crippen molar-refractivity contribution < 1.29 is 13.9 Å². The summed E-state index contributed by atoms with van der Waals surface area (Å²) in [5.41, 5.74) is -0.237. The van der Waals surface area contributed by atoms with Crippen molar-refractivity contribution in [1.29, 1.82) is 0 Å². The molecule has 17 heavy (non-hydrogen) atoms. The molecule has 0 atom stereocenters. The van der Waals surface area contributed by atoms with Gasteiger partial charge in [0.1, 0.15) is 5.56 Å². The van der Waals surface area contributed by atoms with Gasteiger partial charge < -0.3 is 4.74 Å². The van der Waals surface area contributed by atoms with Crippen molar-refractivity contribution in [2.45, 2.75) is 6.92 Å². The molecule has 0 unspecified atom stereocenters. The summed E-state index contributed by atoms with van der Waals surface area (Å²) in [5, 5.41) is 3.71. The van der Waals surface area contributed by atoms with Crippen molar-refractivity contribution in [2.24, 2.45) is 0 Å². The maximum atomic E-state index is 13.8. The highest BCUT2D eigenvalue weighted by molar-refractivity contribution is 5.89. The van der Waals surface area contributed by atoms with Crippen LogP contribution >= 0.6 is 0 Å². The first kappa shape index (κ1) is 11.2. The summed E-state index contributed by atoms with van der Waals surface area (Å²) in [4.78, 5) is 19.0. The molecule has 0 aliphatic rings. The van der Waals surface area contributed by atoms with E-state index in [0.717, 1.165) is 10.9 Å². The maximum Gasteiger partial charge on any atom is 0.344 e. The van der Waals surface area contributed by atoms with Gasteiger partial charge in [-0.25, -0.2) is 14.8 Å². The highest BCUT2D eigenvalue weighted by Gasteiger charge is 2.20. The van der Waals surface area contributed by atoms with Crippen molar-refractivity contribution in [3.05, 3.63) is 36.2 Å². The Morgan fingerprint density at radius 1 is 1.47 bits per heavy atom. The molecule has 0 spiro atoms. The lowest BCUT2D eigenvalue weighted by Gasteiger charge is -2.00. The average molecular weight is 236 g/mol. The van der Waals surface area contributed by atoms with Gasteiger partial charge in [-0.3, -0.25) is 0 Å². The fraction of sp³-hybridized carbons (Fsp3) is 0.200. The van der Waals surface area contributed by atoms with E-state index >= 15 is 0 Å². The van der Waals surface area contributed by atoms with Gasteiger partial charge in [-0.2, -0.15) is 14.2 Å². The fourth-order valence-corrected chi connectivity index (χ4v) is 1.22. The number of nitrogens with zero attached hydrogens (tertiary/aromatic N) is 4. The first-order valence-corrected chi connectivity index (χ1v) is 4.92. The highest BCUT2D eigenvalue weighted by atomic mass is 19.1. The van der Waals surface area contributed by atoms with E-state index in [1.807, 2.05) is 0 Å². The van der Waals surface area contributed by atoms with Crippen LogP contribution < -0.4 is 0 Å². The van der Waals surface area contributed by atoms with Gasteiger partial charge >= 0.3 is 5.97 Å². The van der Waals surface area contributed by atoms with Crippen molar-refractivity contribution in [1.82, 2.24) is 19.7 Å². The SMILES string of the molecule is CCOC(=O)c1cnn(-c2ncccn2)c1F. The molecule has 88 valence electrons.